The van der Waals surface area contributed by atoms with Crippen LogP contribution < -0.4 is 5.32 Å². The van der Waals surface area contributed by atoms with Gasteiger partial charge in [0.1, 0.15) is 0 Å². The van der Waals surface area contributed by atoms with Crippen LogP contribution >= 0.6 is 22.9 Å². The molecule has 0 saturated heterocycles. The lowest BCUT2D eigenvalue weighted by atomic mass is 10.1. The molecule has 0 unspecified atom stereocenters. The van der Waals surface area contributed by atoms with E-state index in [1.165, 1.54) is 5.56 Å². The van der Waals surface area contributed by atoms with Crippen molar-refractivity contribution in [2.24, 2.45) is 0 Å². The second-order valence-corrected chi connectivity index (χ2v) is 5.97. The van der Waals surface area contributed by atoms with Crippen LogP contribution in [0.25, 0.3) is 0 Å². The molecule has 0 spiro atoms. The number of amides is 1. The Morgan fingerprint density at radius 3 is 2.80 bits per heavy atom. The molecule has 1 aromatic heterocycles. The van der Waals surface area contributed by atoms with E-state index >= 15 is 0 Å². The lowest BCUT2D eigenvalue weighted by Crippen LogP contribution is -2.34. The summed E-state index contributed by atoms with van der Waals surface area (Å²) in [6.45, 7) is 0.565. The lowest BCUT2D eigenvalue weighted by Gasteiger charge is -2.24. The highest BCUT2D eigenvalue weighted by Gasteiger charge is 2.16. The molecular formula is C15H17ClN2OS. The SMILES string of the molecule is CN(C)[C@@H](CNC(=O)c1cccc(Cl)c1)c1ccsc1. The molecule has 2 aromatic rings. The molecule has 106 valence electrons. The fourth-order valence-corrected chi connectivity index (χ4v) is 2.88. The van der Waals surface area contributed by atoms with Gasteiger partial charge in [-0.2, -0.15) is 11.3 Å². The summed E-state index contributed by atoms with van der Waals surface area (Å²) in [7, 11) is 4.02. The van der Waals surface area contributed by atoms with Gasteiger partial charge in [0.05, 0.1) is 6.04 Å². The maximum atomic E-state index is 12.1. The summed E-state index contributed by atoms with van der Waals surface area (Å²) in [5.41, 5.74) is 1.80. The number of carbonyl (C=O) groups is 1. The van der Waals surface area contributed by atoms with E-state index in [2.05, 4.69) is 21.7 Å². The summed E-state index contributed by atoms with van der Waals surface area (Å²) in [5.74, 6) is -0.102. The molecule has 0 aliphatic heterocycles. The number of hydrogen-bond acceptors (Lipinski definition) is 3. The largest absolute Gasteiger partial charge is 0.350 e. The lowest BCUT2D eigenvalue weighted by molar-refractivity contribution is 0.0942. The number of rotatable bonds is 5. The average molecular weight is 309 g/mol. The number of nitrogens with zero attached hydrogens (tertiary/aromatic N) is 1. The zero-order chi connectivity index (χ0) is 14.5. The maximum absolute atomic E-state index is 12.1. The maximum Gasteiger partial charge on any atom is 0.251 e. The summed E-state index contributed by atoms with van der Waals surface area (Å²) in [5, 5.41) is 7.68. The molecule has 0 aliphatic carbocycles. The highest BCUT2D eigenvalue weighted by Crippen LogP contribution is 2.20. The molecule has 0 bridgehead atoms. The Kier molecular flexibility index (Phi) is 5.17. The topological polar surface area (TPSA) is 32.3 Å². The number of carbonyl (C=O) groups excluding carboxylic acids is 1. The van der Waals surface area contributed by atoms with Crippen LogP contribution in [0.1, 0.15) is 22.0 Å². The van der Waals surface area contributed by atoms with E-state index in [9.17, 15) is 4.79 Å². The van der Waals surface area contributed by atoms with Gasteiger partial charge >= 0.3 is 0 Å². The Bertz CT molecular complexity index is 569. The second kappa shape index (κ2) is 6.88. The van der Waals surface area contributed by atoms with Gasteiger partial charge in [-0.3, -0.25) is 4.79 Å². The van der Waals surface area contributed by atoms with E-state index in [0.29, 0.717) is 17.1 Å². The normalized spacial score (nSPS) is 12.4. The number of likely N-dealkylation sites (N-methyl/N-ethyl adjacent to an activating group) is 1. The molecule has 5 heteroatoms. The predicted molar refractivity (Wildman–Crippen MR) is 84.5 cm³/mol. The van der Waals surface area contributed by atoms with Crippen molar-refractivity contribution in [2.45, 2.75) is 6.04 Å². The molecule has 0 aliphatic rings. The van der Waals surface area contributed by atoms with Crippen LogP contribution in [0.2, 0.25) is 5.02 Å². The minimum Gasteiger partial charge on any atom is -0.350 e. The summed E-state index contributed by atoms with van der Waals surface area (Å²) in [6.07, 6.45) is 0. The van der Waals surface area contributed by atoms with Crippen LogP contribution in [0, 0.1) is 0 Å². The highest BCUT2D eigenvalue weighted by molar-refractivity contribution is 7.07. The van der Waals surface area contributed by atoms with Crippen LogP contribution in [0.3, 0.4) is 0 Å². The van der Waals surface area contributed by atoms with Crippen molar-refractivity contribution in [3.05, 3.63) is 57.2 Å². The van der Waals surface area contributed by atoms with Gasteiger partial charge in [0.15, 0.2) is 0 Å². The third-order valence-corrected chi connectivity index (χ3v) is 4.03. The minimum atomic E-state index is -0.102. The first-order valence-corrected chi connectivity index (χ1v) is 7.62. The summed E-state index contributed by atoms with van der Waals surface area (Å²) < 4.78 is 0. The van der Waals surface area contributed by atoms with Crippen molar-refractivity contribution < 1.29 is 4.79 Å². The van der Waals surface area contributed by atoms with Crippen LogP contribution in [0.4, 0.5) is 0 Å². The number of nitrogens with one attached hydrogen (secondary N) is 1. The molecule has 20 heavy (non-hydrogen) atoms. The first-order chi connectivity index (χ1) is 9.58. The standard InChI is InChI=1S/C15H17ClN2OS/c1-18(2)14(12-6-7-20-10-12)9-17-15(19)11-4-3-5-13(16)8-11/h3-8,10,14H,9H2,1-2H3,(H,17,19)/t14-/m0/s1. The molecule has 1 heterocycles. The Morgan fingerprint density at radius 2 is 2.20 bits per heavy atom. The van der Waals surface area contributed by atoms with Crippen LogP contribution in [-0.2, 0) is 0 Å². The van der Waals surface area contributed by atoms with Gasteiger partial charge in [-0.15, -0.1) is 0 Å². The zero-order valence-electron chi connectivity index (χ0n) is 11.5. The fourth-order valence-electron chi connectivity index (χ4n) is 1.98. The number of halogens is 1. The zero-order valence-corrected chi connectivity index (χ0v) is 13.0. The number of benzene rings is 1. The molecule has 1 N–H and O–H groups in total. The predicted octanol–water partition coefficient (Wildman–Crippen LogP) is 3.43. The molecule has 1 aromatic carbocycles. The van der Waals surface area contributed by atoms with E-state index < -0.39 is 0 Å². The van der Waals surface area contributed by atoms with Gasteiger partial charge in [0, 0.05) is 17.1 Å². The van der Waals surface area contributed by atoms with Crippen molar-refractivity contribution in [3.63, 3.8) is 0 Å². The van der Waals surface area contributed by atoms with Gasteiger partial charge in [-0.1, -0.05) is 17.7 Å². The number of thiophene rings is 1. The van der Waals surface area contributed by atoms with Crippen molar-refractivity contribution in [3.8, 4) is 0 Å². The van der Waals surface area contributed by atoms with Crippen molar-refractivity contribution in [2.75, 3.05) is 20.6 Å². The highest BCUT2D eigenvalue weighted by atomic mass is 35.5. The number of hydrogen-bond donors (Lipinski definition) is 1. The van der Waals surface area contributed by atoms with Gasteiger partial charge in [0.2, 0.25) is 0 Å². The quantitative estimate of drug-likeness (QED) is 0.918. The van der Waals surface area contributed by atoms with Crippen LogP contribution in [0.15, 0.2) is 41.1 Å². The second-order valence-electron chi connectivity index (χ2n) is 4.76. The monoisotopic (exact) mass is 308 g/mol. The Balaban J connectivity index is 2.01. The van der Waals surface area contributed by atoms with E-state index in [1.54, 1.807) is 35.6 Å². The van der Waals surface area contributed by atoms with Gasteiger partial charge < -0.3 is 10.2 Å². The molecular weight excluding hydrogens is 292 g/mol. The van der Waals surface area contributed by atoms with E-state index in [4.69, 9.17) is 11.6 Å². The first kappa shape index (κ1) is 15.0. The van der Waals surface area contributed by atoms with E-state index in [0.717, 1.165) is 0 Å². The summed E-state index contributed by atoms with van der Waals surface area (Å²) in [6, 6.07) is 9.22. The molecule has 0 fully saturated rings. The molecule has 1 atom stereocenters. The molecule has 2 rings (SSSR count). The fraction of sp³-hybridized carbons (Fsp3) is 0.267. The summed E-state index contributed by atoms with van der Waals surface area (Å²) >= 11 is 7.56. The smallest absolute Gasteiger partial charge is 0.251 e. The van der Waals surface area contributed by atoms with Crippen molar-refractivity contribution in [1.29, 1.82) is 0 Å². The van der Waals surface area contributed by atoms with Gasteiger partial charge in [-0.25, -0.2) is 0 Å². The Morgan fingerprint density at radius 1 is 1.40 bits per heavy atom. The van der Waals surface area contributed by atoms with Gasteiger partial charge in [0.25, 0.3) is 5.91 Å². The van der Waals surface area contributed by atoms with Crippen LogP contribution in [-0.4, -0.2) is 31.4 Å². The van der Waals surface area contributed by atoms with Crippen LogP contribution in [0.5, 0.6) is 0 Å². The first-order valence-electron chi connectivity index (χ1n) is 6.30. The summed E-state index contributed by atoms with van der Waals surface area (Å²) in [4.78, 5) is 14.2. The third kappa shape index (κ3) is 3.82. The van der Waals surface area contributed by atoms with Crippen molar-refractivity contribution >= 4 is 28.8 Å². The van der Waals surface area contributed by atoms with Crippen molar-refractivity contribution in [1.82, 2.24) is 10.2 Å². The minimum absolute atomic E-state index is 0.102. The molecule has 0 radical (unpaired) electrons. The van der Waals surface area contributed by atoms with E-state index in [1.807, 2.05) is 19.5 Å². The third-order valence-electron chi connectivity index (χ3n) is 3.09. The molecule has 1 amide bonds. The Labute approximate surface area is 128 Å². The average Bonchev–Trinajstić information content (AvgIpc) is 2.92. The Hall–Kier alpha value is -1.36. The van der Waals surface area contributed by atoms with Gasteiger partial charge in [-0.05, 0) is 54.7 Å². The molecule has 0 saturated carbocycles. The van der Waals surface area contributed by atoms with E-state index in [-0.39, 0.29) is 11.9 Å². The molecule has 3 nitrogen and oxygen atoms in total.